The third kappa shape index (κ3) is 3.10. The van der Waals surface area contributed by atoms with Crippen molar-refractivity contribution in [1.82, 2.24) is 9.97 Å². The zero-order valence-electron chi connectivity index (χ0n) is 13.0. The van der Waals surface area contributed by atoms with E-state index < -0.39 is 0 Å². The summed E-state index contributed by atoms with van der Waals surface area (Å²) in [5.74, 6) is 0.952. The highest BCUT2D eigenvalue weighted by atomic mass is 32.1. The molecule has 0 spiro atoms. The Morgan fingerprint density at radius 2 is 2.00 bits per heavy atom. The maximum Gasteiger partial charge on any atom is 0.129 e. The zero-order chi connectivity index (χ0) is 15.5. The number of benzene rings is 1. The highest BCUT2D eigenvalue weighted by molar-refractivity contribution is 7.09. The summed E-state index contributed by atoms with van der Waals surface area (Å²) in [6.07, 6.45) is 0.0443. The lowest BCUT2D eigenvalue weighted by Gasteiger charge is -2.17. The molecular formula is C17H19N3OS. The van der Waals surface area contributed by atoms with Crippen LogP contribution in [-0.2, 0) is 11.3 Å². The van der Waals surface area contributed by atoms with Gasteiger partial charge in [0.2, 0.25) is 0 Å². The van der Waals surface area contributed by atoms with Crippen LogP contribution in [0.1, 0.15) is 23.7 Å². The number of anilines is 1. The Labute approximate surface area is 134 Å². The van der Waals surface area contributed by atoms with E-state index in [-0.39, 0.29) is 6.10 Å². The fourth-order valence-corrected chi connectivity index (χ4v) is 3.12. The summed E-state index contributed by atoms with van der Waals surface area (Å²) in [7, 11) is 3.74. The molecule has 4 nitrogen and oxygen atoms in total. The van der Waals surface area contributed by atoms with E-state index in [4.69, 9.17) is 9.72 Å². The Kier molecular flexibility index (Phi) is 4.36. The lowest BCUT2D eigenvalue weighted by atomic mass is 10.2. The Bertz CT molecular complexity index is 771. The largest absolute Gasteiger partial charge is 0.375 e. The van der Waals surface area contributed by atoms with Gasteiger partial charge in [-0.15, -0.1) is 11.3 Å². The number of aromatic nitrogens is 2. The molecule has 5 heteroatoms. The lowest BCUT2D eigenvalue weighted by molar-refractivity contribution is 0.119. The second-order valence-corrected chi connectivity index (χ2v) is 6.16. The van der Waals surface area contributed by atoms with Gasteiger partial charge in [0.1, 0.15) is 16.9 Å². The number of methoxy groups -OCH3 is 1. The van der Waals surface area contributed by atoms with Crippen molar-refractivity contribution in [2.24, 2.45) is 0 Å². The van der Waals surface area contributed by atoms with Crippen molar-refractivity contribution in [1.29, 1.82) is 0 Å². The molecule has 0 amide bonds. The van der Waals surface area contributed by atoms with E-state index in [9.17, 15) is 0 Å². The zero-order valence-corrected chi connectivity index (χ0v) is 13.8. The molecule has 2 aromatic heterocycles. The molecule has 1 atom stereocenters. The number of rotatable bonds is 5. The Morgan fingerprint density at radius 1 is 1.18 bits per heavy atom. The summed E-state index contributed by atoms with van der Waals surface area (Å²) in [5.41, 5.74) is 2.06. The number of fused-ring (bicyclic) bond motifs is 1. The van der Waals surface area contributed by atoms with E-state index in [2.05, 4.69) is 27.4 Å². The summed E-state index contributed by atoms with van der Waals surface area (Å²) < 4.78 is 5.31. The van der Waals surface area contributed by atoms with E-state index in [0.29, 0.717) is 0 Å². The molecule has 0 aliphatic carbocycles. The number of nitrogens with zero attached hydrogens (tertiary/aromatic N) is 3. The molecule has 1 aromatic carbocycles. The van der Waals surface area contributed by atoms with E-state index in [1.54, 1.807) is 18.4 Å². The minimum Gasteiger partial charge on any atom is -0.375 e. The number of pyridine rings is 1. The van der Waals surface area contributed by atoms with Crippen molar-refractivity contribution in [3.8, 4) is 0 Å². The molecule has 2 heterocycles. The van der Waals surface area contributed by atoms with Crippen molar-refractivity contribution in [3.05, 3.63) is 52.5 Å². The SMILES string of the molecule is COC(C)c1nc(CN(C)c2ccc3ccccc3n2)cs1. The molecule has 3 aromatic rings. The quantitative estimate of drug-likeness (QED) is 0.712. The van der Waals surface area contributed by atoms with Gasteiger partial charge < -0.3 is 9.64 Å². The van der Waals surface area contributed by atoms with Gasteiger partial charge in [0.25, 0.3) is 0 Å². The fourth-order valence-electron chi connectivity index (χ4n) is 2.27. The molecule has 0 saturated carbocycles. The van der Waals surface area contributed by atoms with E-state index in [1.165, 1.54) is 0 Å². The molecule has 0 saturated heterocycles. The third-order valence-electron chi connectivity index (χ3n) is 3.64. The monoisotopic (exact) mass is 313 g/mol. The maximum absolute atomic E-state index is 5.31. The predicted octanol–water partition coefficient (Wildman–Crippen LogP) is 4.04. The molecular weight excluding hydrogens is 294 g/mol. The first kappa shape index (κ1) is 14.9. The molecule has 3 rings (SSSR count). The van der Waals surface area contributed by atoms with Crippen LogP contribution >= 0.6 is 11.3 Å². The Hall–Kier alpha value is -1.98. The van der Waals surface area contributed by atoms with Gasteiger partial charge in [-0.25, -0.2) is 9.97 Å². The topological polar surface area (TPSA) is 38.2 Å². The molecule has 0 fully saturated rings. The van der Waals surface area contributed by atoms with Gasteiger partial charge >= 0.3 is 0 Å². The van der Waals surface area contributed by atoms with Gasteiger partial charge in [0.15, 0.2) is 0 Å². The van der Waals surface area contributed by atoms with Gasteiger partial charge in [0.05, 0.1) is 17.8 Å². The fraction of sp³-hybridized carbons (Fsp3) is 0.294. The smallest absolute Gasteiger partial charge is 0.129 e. The number of thiazole rings is 1. The number of ether oxygens (including phenoxy) is 1. The summed E-state index contributed by atoms with van der Waals surface area (Å²) in [4.78, 5) is 11.5. The van der Waals surface area contributed by atoms with Crippen LogP contribution in [0.2, 0.25) is 0 Å². The molecule has 0 aliphatic rings. The summed E-state index contributed by atoms with van der Waals surface area (Å²) in [6, 6.07) is 12.3. The molecule has 22 heavy (non-hydrogen) atoms. The van der Waals surface area contributed by atoms with E-state index >= 15 is 0 Å². The highest BCUT2D eigenvalue weighted by Crippen LogP contribution is 2.23. The van der Waals surface area contributed by atoms with Gasteiger partial charge in [-0.2, -0.15) is 0 Å². The van der Waals surface area contributed by atoms with E-state index in [0.717, 1.165) is 34.0 Å². The number of para-hydroxylation sites is 1. The Morgan fingerprint density at radius 3 is 2.82 bits per heavy atom. The van der Waals surface area contributed by atoms with Crippen LogP contribution in [-0.4, -0.2) is 24.1 Å². The first-order valence-corrected chi connectivity index (χ1v) is 8.09. The first-order chi connectivity index (χ1) is 10.7. The van der Waals surface area contributed by atoms with Crippen molar-refractivity contribution in [3.63, 3.8) is 0 Å². The van der Waals surface area contributed by atoms with Crippen molar-refractivity contribution in [2.75, 3.05) is 19.1 Å². The van der Waals surface area contributed by atoms with Crippen molar-refractivity contribution >= 4 is 28.1 Å². The molecule has 0 aliphatic heterocycles. The van der Waals surface area contributed by atoms with Crippen LogP contribution in [0.3, 0.4) is 0 Å². The average Bonchev–Trinajstić information content (AvgIpc) is 3.02. The third-order valence-corrected chi connectivity index (χ3v) is 4.70. The summed E-state index contributed by atoms with van der Waals surface area (Å²) >= 11 is 1.64. The van der Waals surface area contributed by atoms with Crippen molar-refractivity contribution < 1.29 is 4.74 Å². The first-order valence-electron chi connectivity index (χ1n) is 7.21. The normalized spacial score (nSPS) is 12.5. The molecule has 0 bridgehead atoms. The highest BCUT2D eigenvalue weighted by Gasteiger charge is 2.11. The number of hydrogen-bond acceptors (Lipinski definition) is 5. The van der Waals surface area contributed by atoms with Gasteiger partial charge in [-0.05, 0) is 25.1 Å². The summed E-state index contributed by atoms with van der Waals surface area (Å²) in [6.45, 7) is 2.75. The standard InChI is InChI=1S/C17H19N3OS/c1-12(21-3)17-18-14(11-22-17)10-20(2)16-9-8-13-6-4-5-7-15(13)19-16/h4-9,11-12H,10H2,1-3H3. The van der Waals surface area contributed by atoms with Crippen LogP contribution in [0.4, 0.5) is 5.82 Å². The van der Waals surface area contributed by atoms with Crippen LogP contribution in [0.25, 0.3) is 10.9 Å². The molecule has 1 unspecified atom stereocenters. The minimum absolute atomic E-state index is 0.0443. The molecule has 0 N–H and O–H groups in total. The number of hydrogen-bond donors (Lipinski definition) is 0. The van der Waals surface area contributed by atoms with Gasteiger partial charge in [-0.3, -0.25) is 0 Å². The van der Waals surface area contributed by atoms with E-state index in [1.807, 2.05) is 38.2 Å². The maximum atomic E-state index is 5.31. The van der Waals surface area contributed by atoms with Crippen LogP contribution in [0.15, 0.2) is 41.8 Å². The van der Waals surface area contributed by atoms with Crippen LogP contribution in [0.5, 0.6) is 0 Å². The predicted molar refractivity (Wildman–Crippen MR) is 91.4 cm³/mol. The second-order valence-electron chi connectivity index (χ2n) is 5.27. The van der Waals surface area contributed by atoms with Gasteiger partial charge in [-0.1, -0.05) is 18.2 Å². The Balaban J connectivity index is 1.77. The van der Waals surface area contributed by atoms with Crippen molar-refractivity contribution in [2.45, 2.75) is 19.6 Å². The minimum atomic E-state index is 0.0443. The summed E-state index contributed by atoms with van der Waals surface area (Å²) in [5, 5.41) is 4.25. The molecule has 114 valence electrons. The van der Waals surface area contributed by atoms with Crippen LogP contribution < -0.4 is 4.90 Å². The van der Waals surface area contributed by atoms with Gasteiger partial charge in [0, 0.05) is 24.9 Å². The second kappa shape index (κ2) is 6.42. The lowest BCUT2D eigenvalue weighted by Crippen LogP contribution is -2.18. The molecule has 0 radical (unpaired) electrons. The average molecular weight is 313 g/mol. The van der Waals surface area contributed by atoms with Crippen LogP contribution in [0, 0.1) is 0 Å².